The molecule has 0 aliphatic carbocycles. The Balaban J connectivity index is 1.70. The number of methoxy groups -OCH3 is 2. The van der Waals surface area contributed by atoms with Crippen LogP contribution in [0.1, 0.15) is 62.8 Å². The molecule has 1 unspecified atom stereocenters. The number of aliphatic hydroxyl groups is 1. The van der Waals surface area contributed by atoms with E-state index in [1.54, 1.807) is 18.9 Å². The highest BCUT2D eigenvalue weighted by molar-refractivity contribution is 7.57. The van der Waals surface area contributed by atoms with Crippen LogP contribution in [0.4, 0.5) is 0 Å². The van der Waals surface area contributed by atoms with Crippen molar-refractivity contribution in [1.29, 1.82) is 5.26 Å². The first kappa shape index (κ1) is 40.6. The van der Waals surface area contributed by atoms with Crippen LogP contribution >= 0.6 is 7.52 Å². The molecule has 54 heavy (non-hydrogen) atoms. The minimum Gasteiger partial charge on any atom is -0.497 e. The molecule has 1 aliphatic rings. The fourth-order valence-corrected chi connectivity index (χ4v) is 10.6. The maximum atomic E-state index is 15.9. The van der Waals surface area contributed by atoms with E-state index in [0.717, 1.165) is 21.3 Å². The first-order valence-corrected chi connectivity index (χ1v) is 19.4. The number of aryl methyl sites for hydroxylation is 1. The highest BCUT2D eigenvalue weighted by Gasteiger charge is 2.64. The molecule has 2 N–H and O–H groups in total. The third-order valence-corrected chi connectivity index (χ3v) is 13.1. The Kier molecular flexibility index (Phi) is 12.7. The molecule has 3 aromatic carbocycles. The summed E-state index contributed by atoms with van der Waals surface area (Å²) in [5, 5.41) is 21.4. The monoisotopic (exact) mass is 760 g/mol. The second-order valence-electron chi connectivity index (χ2n) is 13.8. The number of benzene rings is 3. The lowest BCUT2D eigenvalue weighted by molar-refractivity contribution is -0.115. The molecule has 1 aromatic heterocycles. The molecule has 0 spiro atoms. The van der Waals surface area contributed by atoms with Crippen molar-refractivity contribution in [2.24, 2.45) is 0 Å². The molecule has 0 radical (unpaired) electrons. The Hall–Kier alpha value is -4.54. The first-order valence-electron chi connectivity index (χ1n) is 17.9. The van der Waals surface area contributed by atoms with Gasteiger partial charge in [-0.3, -0.25) is 18.9 Å². The molecular formula is C40H49N4O9P. The molecule has 0 amide bonds. The van der Waals surface area contributed by atoms with Crippen molar-refractivity contribution in [2.75, 3.05) is 27.4 Å². The van der Waals surface area contributed by atoms with Crippen LogP contribution in [0.15, 0.2) is 94.6 Å². The van der Waals surface area contributed by atoms with Gasteiger partial charge in [0.2, 0.25) is 5.47 Å². The van der Waals surface area contributed by atoms with Gasteiger partial charge in [-0.2, -0.15) is 5.26 Å². The molecule has 4 atom stereocenters. The summed E-state index contributed by atoms with van der Waals surface area (Å²) < 4.78 is 49.6. The summed E-state index contributed by atoms with van der Waals surface area (Å²) in [6.07, 6.45) is -1.69. The number of nitrogens with zero attached hydrogens (tertiary/aromatic N) is 3. The molecule has 4 aromatic rings. The molecule has 288 valence electrons. The van der Waals surface area contributed by atoms with Crippen LogP contribution in [-0.2, 0) is 29.6 Å². The van der Waals surface area contributed by atoms with Gasteiger partial charge in [0.25, 0.3) is 5.56 Å². The fourth-order valence-electron chi connectivity index (χ4n) is 7.27. The van der Waals surface area contributed by atoms with Crippen molar-refractivity contribution < 1.29 is 33.1 Å². The molecule has 0 saturated carbocycles. The fraction of sp³-hybridized carbons (Fsp3) is 0.425. The number of aliphatic hydroxyl groups excluding tert-OH is 1. The van der Waals surface area contributed by atoms with E-state index < -0.39 is 54.1 Å². The van der Waals surface area contributed by atoms with E-state index >= 15 is 4.57 Å². The predicted molar refractivity (Wildman–Crippen MR) is 204 cm³/mol. The lowest BCUT2D eigenvalue weighted by atomic mass is 9.80. The molecule has 1 saturated heterocycles. The van der Waals surface area contributed by atoms with E-state index in [9.17, 15) is 20.0 Å². The van der Waals surface area contributed by atoms with Gasteiger partial charge in [0.1, 0.15) is 23.2 Å². The lowest BCUT2D eigenvalue weighted by Crippen LogP contribution is -2.50. The molecule has 5 rings (SSSR count). The van der Waals surface area contributed by atoms with Crippen molar-refractivity contribution in [3.8, 4) is 17.6 Å². The van der Waals surface area contributed by atoms with E-state index in [1.807, 2.05) is 113 Å². The molecule has 2 heterocycles. The Bertz CT molecular complexity index is 2020. The summed E-state index contributed by atoms with van der Waals surface area (Å²) in [6, 6.07) is 25.7. The van der Waals surface area contributed by atoms with Crippen molar-refractivity contribution in [2.45, 2.75) is 82.8 Å². The maximum absolute atomic E-state index is 15.9. The van der Waals surface area contributed by atoms with Gasteiger partial charge >= 0.3 is 13.2 Å². The van der Waals surface area contributed by atoms with Gasteiger partial charge in [-0.15, -0.1) is 0 Å². The van der Waals surface area contributed by atoms with E-state index in [2.05, 4.69) is 4.98 Å². The van der Waals surface area contributed by atoms with Crippen LogP contribution in [0.3, 0.4) is 0 Å². The number of hydrogen-bond donors (Lipinski definition) is 2. The van der Waals surface area contributed by atoms with Crippen LogP contribution in [0, 0.1) is 18.3 Å². The summed E-state index contributed by atoms with van der Waals surface area (Å²) in [7, 11) is -1.24. The second-order valence-corrected chi connectivity index (χ2v) is 16.2. The summed E-state index contributed by atoms with van der Waals surface area (Å²) in [4.78, 5) is 28.7. The van der Waals surface area contributed by atoms with Crippen LogP contribution < -0.4 is 20.7 Å². The Morgan fingerprint density at radius 1 is 0.963 bits per heavy atom. The zero-order valence-electron chi connectivity index (χ0n) is 31.7. The van der Waals surface area contributed by atoms with Crippen LogP contribution in [0.5, 0.6) is 11.5 Å². The van der Waals surface area contributed by atoms with Gasteiger partial charge in [-0.25, -0.2) is 9.46 Å². The second kappa shape index (κ2) is 16.9. The summed E-state index contributed by atoms with van der Waals surface area (Å²) in [5.74, 6) is 1.28. The summed E-state index contributed by atoms with van der Waals surface area (Å²) >= 11 is 0. The number of nitriles is 1. The minimum absolute atomic E-state index is 0.0952. The minimum atomic E-state index is -4.41. The number of aromatic amines is 1. The number of nitrogens with one attached hydrogen (secondary N) is 1. The first-order chi connectivity index (χ1) is 25.8. The SMILES string of the molecule is COc1ccc(C(OC[C@H]2O[C@](n3cc(C)c(=O)[nH]c3=O)(P(=O)(OCCC#N)N(C(C)C)C(C)C)C[C@@H]2O)(c2ccccc2)c2ccc(OC)cc2)cc1. The third kappa shape index (κ3) is 7.55. The summed E-state index contributed by atoms with van der Waals surface area (Å²) in [6.45, 7) is 8.34. The van der Waals surface area contributed by atoms with Gasteiger partial charge in [-0.1, -0.05) is 54.6 Å². The van der Waals surface area contributed by atoms with E-state index in [4.69, 9.17) is 23.5 Å². The zero-order valence-corrected chi connectivity index (χ0v) is 32.6. The predicted octanol–water partition coefficient (Wildman–Crippen LogP) is 5.87. The molecule has 1 fully saturated rings. The van der Waals surface area contributed by atoms with Crippen molar-refractivity contribution in [3.63, 3.8) is 0 Å². The number of H-pyrrole nitrogens is 1. The smallest absolute Gasteiger partial charge is 0.331 e. The highest BCUT2D eigenvalue weighted by Crippen LogP contribution is 2.70. The number of hydrogen-bond acceptors (Lipinski definition) is 10. The molecule has 0 bridgehead atoms. The molecular weight excluding hydrogens is 711 g/mol. The van der Waals surface area contributed by atoms with Crippen molar-refractivity contribution in [3.05, 3.63) is 128 Å². The van der Waals surface area contributed by atoms with Crippen molar-refractivity contribution in [1.82, 2.24) is 14.2 Å². The average Bonchev–Trinajstić information content (AvgIpc) is 3.51. The van der Waals surface area contributed by atoms with Gasteiger partial charge < -0.3 is 28.6 Å². The number of ether oxygens (including phenoxy) is 4. The molecule has 1 aliphatic heterocycles. The van der Waals surface area contributed by atoms with Gasteiger partial charge in [0.05, 0.1) is 46.0 Å². The van der Waals surface area contributed by atoms with E-state index in [0.29, 0.717) is 11.5 Å². The van der Waals surface area contributed by atoms with E-state index in [-0.39, 0.29) is 31.6 Å². The molecule has 14 heteroatoms. The van der Waals surface area contributed by atoms with Crippen LogP contribution in [0.2, 0.25) is 0 Å². The largest absolute Gasteiger partial charge is 0.497 e. The number of rotatable bonds is 16. The lowest BCUT2D eigenvalue weighted by Gasteiger charge is -2.46. The van der Waals surface area contributed by atoms with Crippen LogP contribution in [-0.4, -0.2) is 71.1 Å². The topological polar surface area (TPSA) is 165 Å². The summed E-state index contributed by atoms with van der Waals surface area (Å²) in [5.41, 5.74) is -2.56. The third-order valence-electron chi connectivity index (χ3n) is 9.66. The Labute approximate surface area is 315 Å². The quantitative estimate of drug-likeness (QED) is 0.0797. The van der Waals surface area contributed by atoms with Crippen molar-refractivity contribution >= 4 is 7.52 Å². The average molecular weight is 761 g/mol. The van der Waals surface area contributed by atoms with Crippen LogP contribution in [0.25, 0.3) is 0 Å². The highest BCUT2D eigenvalue weighted by atomic mass is 31.2. The Morgan fingerprint density at radius 3 is 2.00 bits per heavy atom. The van der Waals surface area contributed by atoms with Gasteiger partial charge in [-0.05, 0) is 75.6 Å². The Morgan fingerprint density at radius 2 is 1.50 bits per heavy atom. The maximum Gasteiger partial charge on any atom is 0.331 e. The standard InChI is InChI=1S/C40H49N4O9P/c1-27(2)44(28(3)4)54(48,52-23-11-22-41)39(43-25-29(5)37(46)42-38(43)47)24-35(45)36(53-39)26-51-40(30-12-9-8-10-13-30,31-14-18-33(49-6)19-15-31)32-16-20-34(50-7)21-17-32/h8-10,12-21,25,27-28,35-36,45H,11,23-24,26H2,1-7H3,(H,42,46,47)/t35-,36+,39-,54?/m0/s1. The number of aromatic nitrogens is 2. The zero-order chi connectivity index (χ0) is 39.3. The van der Waals surface area contributed by atoms with E-state index in [1.165, 1.54) is 13.1 Å². The van der Waals surface area contributed by atoms with Gasteiger partial charge in [0.15, 0.2) is 0 Å². The molecule has 13 nitrogen and oxygen atoms in total. The van der Waals surface area contributed by atoms with Gasteiger partial charge in [0, 0.05) is 30.3 Å². The normalized spacial score (nSPS) is 19.9.